The maximum absolute atomic E-state index is 12.1. The summed E-state index contributed by atoms with van der Waals surface area (Å²) in [5, 5.41) is 15.8. The van der Waals surface area contributed by atoms with Crippen molar-refractivity contribution in [2.24, 2.45) is 0 Å². The predicted octanol–water partition coefficient (Wildman–Crippen LogP) is 2.56. The summed E-state index contributed by atoms with van der Waals surface area (Å²) in [6.07, 6.45) is 10.2. The van der Waals surface area contributed by atoms with Gasteiger partial charge in [-0.3, -0.25) is 0 Å². The second kappa shape index (κ2) is 9.04. The van der Waals surface area contributed by atoms with Gasteiger partial charge in [0.05, 0.1) is 12.1 Å². The molecule has 25 heavy (non-hydrogen) atoms. The number of nitrogens with one attached hydrogen (secondary N) is 2. The number of carbonyl (C=O) groups is 1. The van der Waals surface area contributed by atoms with E-state index in [1.54, 1.807) is 0 Å². The van der Waals surface area contributed by atoms with Gasteiger partial charge < -0.3 is 20.6 Å². The van der Waals surface area contributed by atoms with E-state index in [1.165, 1.54) is 25.7 Å². The van der Waals surface area contributed by atoms with Crippen molar-refractivity contribution >= 4 is 11.8 Å². The number of hydrogen-bond acceptors (Lipinski definition) is 4. The minimum Gasteiger partial charge on any atom is -0.391 e. The molecule has 1 saturated carbocycles. The summed E-state index contributed by atoms with van der Waals surface area (Å²) in [5.74, 6) is 1.00. The lowest BCUT2D eigenvalue weighted by Gasteiger charge is -2.28. The summed E-state index contributed by atoms with van der Waals surface area (Å²) in [5.41, 5.74) is 1.05. The van der Waals surface area contributed by atoms with Crippen LogP contribution in [0.4, 0.5) is 10.6 Å². The quantitative estimate of drug-likeness (QED) is 0.783. The number of aliphatic hydroxyl groups is 1. The van der Waals surface area contributed by atoms with E-state index >= 15 is 0 Å². The number of amides is 2. The van der Waals surface area contributed by atoms with Crippen molar-refractivity contribution in [2.45, 2.75) is 70.1 Å². The van der Waals surface area contributed by atoms with Gasteiger partial charge in [0.25, 0.3) is 0 Å². The second-order valence-corrected chi connectivity index (χ2v) is 7.21. The highest BCUT2D eigenvalue weighted by Crippen LogP contribution is 2.19. The molecule has 138 valence electrons. The molecule has 1 saturated heterocycles. The zero-order chi connectivity index (χ0) is 17.5. The average molecular weight is 346 g/mol. The van der Waals surface area contributed by atoms with Gasteiger partial charge in [0.15, 0.2) is 0 Å². The Kier molecular flexibility index (Phi) is 6.50. The molecule has 2 amide bonds. The molecule has 1 aromatic rings. The number of anilines is 1. The topological polar surface area (TPSA) is 77.5 Å². The van der Waals surface area contributed by atoms with E-state index in [0.717, 1.165) is 50.2 Å². The molecule has 2 fully saturated rings. The fourth-order valence-electron chi connectivity index (χ4n) is 3.72. The number of nitrogens with zero attached hydrogens (tertiary/aromatic N) is 2. The highest BCUT2D eigenvalue weighted by atomic mass is 16.3. The first-order valence-corrected chi connectivity index (χ1v) is 9.65. The van der Waals surface area contributed by atoms with Crippen molar-refractivity contribution < 1.29 is 9.90 Å². The summed E-state index contributed by atoms with van der Waals surface area (Å²) < 4.78 is 0. The zero-order valence-electron chi connectivity index (χ0n) is 14.9. The Morgan fingerprint density at radius 3 is 2.68 bits per heavy atom. The van der Waals surface area contributed by atoms with Crippen LogP contribution in [-0.4, -0.2) is 41.4 Å². The Morgan fingerprint density at radius 2 is 1.92 bits per heavy atom. The fourth-order valence-corrected chi connectivity index (χ4v) is 3.72. The van der Waals surface area contributed by atoms with Crippen molar-refractivity contribution in [3.63, 3.8) is 0 Å². The molecule has 6 heteroatoms. The van der Waals surface area contributed by atoms with Crippen LogP contribution in [0.25, 0.3) is 0 Å². The van der Waals surface area contributed by atoms with Crippen LogP contribution in [0.1, 0.15) is 56.9 Å². The van der Waals surface area contributed by atoms with Crippen molar-refractivity contribution in [1.29, 1.82) is 0 Å². The Morgan fingerprint density at radius 1 is 1.16 bits per heavy atom. The van der Waals surface area contributed by atoms with E-state index < -0.39 is 6.10 Å². The Bertz CT molecular complexity index is 558. The van der Waals surface area contributed by atoms with Gasteiger partial charge in [-0.2, -0.15) is 0 Å². The van der Waals surface area contributed by atoms with Crippen LogP contribution in [0.5, 0.6) is 0 Å². The molecule has 0 spiro atoms. The lowest BCUT2D eigenvalue weighted by atomic mass is 9.93. The molecule has 2 atom stereocenters. The summed E-state index contributed by atoms with van der Waals surface area (Å²) in [6.45, 7) is 2.59. The summed E-state index contributed by atoms with van der Waals surface area (Å²) in [4.78, 5) is 18.9. The van der Waals surface area contributed by atoms with Gasteiger partial charge >= 0.3 is 6.03 Å². The molecule has 0 aromatic carbocycles. The third-order valence-electron chi connectivity index (χ3n) is 5.24. The number of urea groups is 1. The Balaban J connectivity index is 1.50. The third kappa shape index (κ3) is 5.33. The van der Waals surface area contributed by atoms with Crippen molar-refractivity contribution in [1.82, 2.24) is 15.6 Å². The molecule has 1 aliphatic heterocycles. The maximum Gasteiger partial charge on any atom is 0.315 e. The average Bonchev–Trinajstić information content (AvgIpc) is 2.92. The number of pyridine rings is 1. The SMILES string of the molecule is O=C(NCc1ccnc(N2CCCCCC2)c1)NC1CCCCC1O. The lowest BCUT2D eigenvalue weighted by molar-refractivity contribution is 0.0943. The van der Waals surface area contributed by atoms with Gasteiger partial charge in [0.2, 0.25) is 0 Å². The van der Waals surface area contributed by atoms with Gasteiger partial charge in [-0.1, -0.05) is 25.7 Å². The number of aliphatic hydroxyl groups excluding tert-OH is 1. The van der Waals surface area contributed by atoms with Crippen LogP contribution >= 0.6 is 0 Å². The minimum absolute atomic E-state index is 0.126. The van der Waals surface area contributed by atoms with Crippen molar-refractivity contribution in [3.8, 4) is 0 Å². The van der Waals surface area contributed by atoms with E-state index in [9.17, 15) is 9.90 Å². The minimum atomic E-state index is -0.421. The monoisotopic (exact) mass is 346 g/mol. The van der Waals surface area contributed by atoms with Crippen LogP contribution in [0.3, 0.4) is 0 Å². The van der Waals surface area contributed by atoms with Crippen molar-refractivity contribution in [3.05, 3.63) is 23.9 Å². The Labute approximate surface area is 150 Å². The molecule has 2 heterocycles. The number of rotatable bonds is 4. The zero-order valence-corrected chi connectivity index (χ0v) is 14.9. The second-order valence-electron chi connectivity index (χ2n) is 7.21. The maximum atomic E-state index is 12.1. The van der Waals surface area contributed by atoms with Crippen LogP contribution in [0, 0.1) is 0 Å². The van der Waals surface area contributed by atoms with Gasteiger partial charge in [0, 0.05) is 25.8 Å². The molecular weight excluding hydrogens is 316 g/mol. The van der Waals surface area contributed by atoms with Crippen LogP contribution in [0.15, 0.2) is 18.3 Å². The molecule has 2 aliphatic rings. The molecule has 0 radical (unpaired) electrons. The first-order valence-electron chi connectivity index (χ1n) is 9.65. The molecule has 3 N–H and O–H groups in total. The fraction of sp³-hybridized carbons (Fsp3) is 0.684. The van der Waals surface area contributed by atoms with E-state index in [4.69, 9.17) is 0 Å². The standard InChI is InChI=1S/C19H30N4O2/c24-17-8-4-3-7-16(17)22-19(25)21-14-15-9-10-20-18(13-15)23-11-5-1-2-6-12-23/h9-10,13,16-17,24H,1-8,11-12,14H2,(H2,21,22,25). The summed E-state index contributed by atoms with van der Waals surface area (Å²) in [6, 6.07) is 3.68. The first kappa shape index (κ1) is 18.0. The summed E-state index contributed by atoms with van der Waals surface area (Å²) >= 11 is 0. The van der Waals surface area contributed by atoms with Gasteiger partial charge in [0.1, 0.15) is 5.82 Å². The van der Waals surface area contributed by atoms with Crippen molar-refractivity contribution in [2.75, 3.05) is 18.0 Å². The third-order valence-corrected chi connectivity index (χ3v) is 5.24. The van der Waals surface area contributed by atoms with Gasteiger partial charge in [-0.15, -0.1) is 0 Å². The van der Waals surface area contributed by atoms with E-state index in [1.807, 2.05) is 12.3 Å². The number of carbonyl (C=O) groups excluding carboxylic acids is 1. The lowest BCUT2D eigenvalue weighted by Crippen LogP contribution is -2.48. The highest BCUT2D eigenvalue weighted by molar-refractivity contribution is 5.74. The molecule has 2 unspecified atom stereocenters. The largest absolute Gasteiger partial charge is 0.391 e. The van der Waals surface area contributed by atoms with Crippen LogP contribution in [-0.2, 0) is 6.54 Å². The van der Waals surface area contributed by atoms with E-state index in [-0.39, 0.29) is 12.1 Å². The molecule has 1 aliphatic carbocycles. The van der Waals surface area contributed by atoms with E-state index in [0.29, 0.717) is 6.54 Å². The molecular formula is C19H30N4O2. The number of hydrogen-bond donors (Lipinski definition) is 3. The number of aromatic nitrogens is 1. The first-order chi connectivity index (χ1) is 12.2. The van der Waals surface area contributed by atoms with Crippen LogP contribution in [0.2, 0.25) is 0 Å². The normalized spacial score (nSPS) is 24.4. The van der Waals surface area contributed by atoms with Gasteiger partial charge in [-0.25, -0.2) is 9.78 Å². The van der Waals surface area contributed by atoms with E-state index in [2.05, 4.69) is 26.6 Å². The Hall–Kier alpha value is -1.82. The van der Waals surface area contributed by atoms with Gasteiger partial charge in [-0.05, 0) is 43.4 Å². The summed E-state index contributed by atoms with van der Waals surface area (Å²) in [7, 11) is 0. The van der Waals surface area contributed by atoms with Crippen LogP contribution < -0.4 is 15.5 Å². The molecule has 3 rings (SSSR count). The smallest absolute Gasteiger partial charge is 0.315 e. The molecule has 6 nitrogen and oxygen atoms in total. The highest BCUT2D eigenvalue weighted by Gasteiger charge is 2.24. The predicted molar refractivity (Wildman–Crippen MR) is 98.6 cm³/mol. The molecule has 1 aromatic heterocycles. The molecule has 0 bridgehead atoms.